The highest BCUT2D eigenvalue weighted by molar-refractivity contribution is 6.11. The predicted molar refractivity (Wildman–Crippen MR) is 169 cm³/mol. The lowest BCUT2D eigenvalue weighted by atomic mass is 9.54. The number of nitrogens with zero attached hydrogens (tertiary/aromatic N) is 3. The molecule has 1 aromatic carbocycles. The summed E-state index contributed by atoms with van der Waals surface area (Å²) < 4.78 is 0. The molecular weight excluding hydrogens is 520 g/mol. The zero-order chi connectivity index (χ0) is 28.3. The van der Waals surface area contributed by atoms with Crippen LogP contribution in [0, 0.1) is 11.3 Å². The SMILES string of the molecule is Oc1cccc2c1[nH]c1c(C3=C[C@@]4(O)CCCCCCCCN5CCC3[C@]3(C[C@@H]6CCCCCCN6[C@H]34)C5)nccc12. The van der Waals surface area contributed by atoms with E-state index < -0.39 is 5.60 Å². The van der Waals surface area contributed by atoms with Crippen molar-refractivity contribution in [2.45, 2.75) is 108 Å². The standard InChI is InChI=1S/C36H48N4O2/c41-30-14-11-13-26-27-15-18-37-32(33(27)38-31(26)30)28-23-36(42)17-8-4-1-2-5-9-19-39-21-16-29(28)35(24-39)22-25-12-7-3-6-10-20-40(25)34(35)36/h11,13-15,18,23,25,29,34,38,41-42H,1-10,12,16-17,19-22,24H2/t25-,29?,34+,35-,36-/m0/s1. The topological polar surface area (TPSA) is 75.6 Å². The second kappa shape index (κ2) is 10.6. The van der Waals surface area contributed by atoms with Crippen LogP contribution in [-0.4, -0.2) is 73.8 Å². The highest BCUT2D eigenvalue weighted by Gasteiger charge is 2.65. The van der Waals surface area contributed by atoms with Gasteiger partial charge < -0.3 is 20.1 Å². The summed E-state index contributed by atoms with van der Waals surface area (Å²) in [5, 5.41) is 26.0. The van der Waals surface area contributed by atoms with Crippen LogP contribution in [-0.2, 0) is 0 Å². The Kier molecular flexibility index (Phi) is 6.88. The highest BCUT2D eigenvalue weighted by atomic mass is 16.3. The summed E-state index contributed by atoms with van der Waals surface area (Å²) >= 11 is 0. The van der Waals surface area contributed by atoms with Crippen molar-refractivity contribution in [1.29, 1.82) is 0 Å². The molecule has 0 radical (unpaired) electrons. The number of hydrogen-bond acceptors (Lipinski definition) is 5. The molecule has 4 aliphatic heterocycles. The molecule has 1 aliphatic carbocycles. The molecule has 0 amide bonds. The van der Waals surface area contributed by atoms with Crippen molar-refractivity contribution in [3.05, 3.63) is 42.2 Å². The minimum Gasteiger partial charge on any atom is -0.506 e. The van der Waals surface area contributed by atoms with Gasteiger partial charge in [-0.25, -0.2) is 0 Å². The van der Waals surface area contributed by atoms with Gasteiger partial charge >= 0.3 is 0 Å². The van der Waals surface area contributed by atoms with Crippen molar-refractivity contribution < 1.29 is 10.2 Å². The summed E-state index contributed by atoms with van der Waals surface area (Å²) in [6.07, 6.45) is 21.4. The Balaban J connectivity index is 1.33. The summed E-state index contributed by atoms with van der Waals surface area (Å²) in [5.41, 5.74) is 3.19. The van der Waals surface area contributed by atoms with E-state index in [2.05, 4.69) is 33.0 Å². The van der Waals surface area contributed by atoms with Crippen LogP contribution in [0.5, 0.6) is 5.75 Å². The molecule has 6 atom stereocenters. The number of rotatable bonds is 1. The molecule has 2 unspecified atom stereocenters. The van der Waals surface area contributed by atoms with Crippen LogP contribution in [0.3, 0.4) is 0 Å². The fourth-order valence-electron chi connectivity index (χ4n) is 10.3. The number of aromatic nitrogens is 2. The molecule has 1 spiro atoms. The zero-order valence-electron chi connectivity index (χ0n) is 25.2. The van der Waals surface area contributed by atoms with Crippen molar-refractivity contribution in [1.82, 2.24) is 19.8 Å². The van der Waals surface area contributed by atoms with E-state index in [0.717, 1.165) is 66.4 Å². The van der Waals surface area contributed by atoms with Gasteiger partial charge in [0.25, 0.3) is 0 Å². The average molecular weight is 569 g/mol. The van der Waals surface area contributed by atoms with Crippen LogP contribution >= 0.6 is 0 Å². The Bertz CT molecular complexity index is 1500. The number of pyridine rings is 1. The van der Waals surface area contributed by atoms with E-state index in [9.17, 15) is 10.2 Å². The first-order chi connectivity index (χ1) is 20.6. The molecule has 0 saturated carbocycles. The van der Waals surface area contributed by atoms with E-state index in [1.54, 1.807) is 6.07 Å². The van der Waals surface area contributed by atoms with Gasteiger partial charge in [-0.05, 0) is 87.9 Å². The summed E-state index contributed by atoms with van der Waals surface area (Å²) in [6, 6.07) is 8.58. The minimum atomic E-state index is -0.866. The second-order valence-electron chi connectivity index (χ2n) is 14.4. The van der Waals surface area contributed by atoms with Gasteiger partial charge in [0.15, 0.2) is 0 Å². The maximum absolute atomic E-state index is 13.1. The molecule has 6 heterocycles. The van der Waals surface area contributed by atoms with Crippen LogP contribution in [0.4, 0.5) is 0 Å². The number of nitrogens with one attached hydrogen (secondary N) is 1. The van der Waals surface area contributed by atoms with E-state index in [1.807, 2.05) is 12.3 Å². The minimum absolute atomic E-state index is 0.0259. The first-order valence-electron chi connectivity index (χ1n) is 17.1. The molecule has 6 nitrogen and oxygen atoms in total. The van der Waals surface area contributed by atoms with Crippen molar-refractivity contribution in [3.63, 3.8) is 0 Å². The van der Waals surface area contributed by atoms with Crippen molar-refractivity contribution >= 4 is 27.4 Å². The van der Waals surface area contributed by atoms with E-state index in [-0.39, 0.29) is 17.2 Å². The Morgan fingerprint density at radius 3 is 2.52 bits per heavy atom. The Hall–Kier alpha value is -2.41. The second-order valence-corrected chi connectivity index (χ2v) is 14.4. The molecule has 4 fully saturated rings. The van der Waals surface area contributed by atoms with Crippen molar-refractivity contribution in [2.24, 2.45) is 11.3 Å². The first kappa shape index (κ1) is 27.2. The highest BCUT2D eigenvalue weighted by Crippen LogP contribution is 2.62. The number of para-hydroxylation sites is 1. The molecular formula is C36H48N4O2. The number of H-pyrrole nitrogens is 1. The molecule has 5 aliphatic rings. The maximum atomic E-state index is 13.1. The largest absolute Gasteiger partial charge is 0.506 e. The van der Waals surface area contributed by atoms with E-state index in [4.69, 9.17) is 4.98 Å². The molecule has 6 heteroatoms. The summed E-state index contributed by atoms with van der Waals surface area (Å²) in [6.45, 7) is 4.55. The van der Waals surface area contributed by atoms with Gasteiger partial charge in [-0.3, -0.25) is 9.88 Å². The number of benzene rings is 1. The number of allylic oxidation sites excluding steroid dienone is 1. The van der Waals surface area contributed by atoms with E-state index in [0.29, 0.717) is 12.0 Å². The summed E-state index contributed by atoms with van der Waals surface area (Å²) in [5.74, 6) is 0.648. The number of aliphatic hydroxyl groups is 1. The molecule has 8 rings (SSSR count). The van der Waals surface area contributed by atoms with Gasteiger partial charge in [-0.1, -0.05) is 63.5 Å². The third kappa shape index (κ3) is 4.27. The number of hydrogen-bond donors (Lipinski definition) is 3. The Morgan fingerprint density at radius 2 is 1.62 bits per heavy atom. The van der Waals surface area contributed by atoms with E-state index in [1.165, 1.54) is 82.7 Å². The van der Waals surface area contributed by atoms with Crippen LogP contribution in [0.15, 0.2) is 36.5 Å². The number of piperidine rings is 1. The molecule has 224 valence electrons. The van der Waals surface area contributed by atoms with Crippen LogP contribution < -0.4 is 0 Å². The number of fused-ring (bicyclic) bond motifs is 5. The van der Waals surface area contributed by atoms with Gasteiger partial charge in [-0.15, -0.1) is 0 Å². The Morgan fingerprint density at radius 1 is 0.833 bits per heavy atom. The lowest BCUT2D eigenvalue weighted by Crippen LogP contribution is -2.65. The molecule has 3 N–H and O–H groups in total. The van der Waals surface area contributed by atoms with Gasteiger partial charge in [0, 0.05) is 41.0 Å². The monoisotopic (exact) mass is 568 g/mol. The van der Waals surface area contributed by atoms with E-state index >= 15 is 0 Å². The molecule has 42 heavy (non-hydrogen) atoms. The average Bonchev–Trinajstić information content (AvgIpc) is 3.50. The smallest absolute Gasteiger partial charge is 0.139 e. The number of aromatic hydroxyl groups is 1. The first-order valence-corrected chi connectivity index (χ1v) is 17.1. The predicted octanol–water partition coefficient (Wildman–Crippen LogP) is 7.01. The molecule has 3 bridgehead atoms. The third-order valence-electron chi connectivity index (χ3n) is 12.0. The van der Waals surface area contributed by atoms with Crippen LogP contribution in [0.25, 0.3) is 27.4 Å². The van der Waals surface area contributed by atoms with Gasteiger partial charge in [0.2, 0.25) is 0 Å². The van der Waals surface area contributed by atoms with Crippen molar-refractivity contribution in [2.75, 3.05) is 26.2 Å². The maximum Gasteiger partial charge on any atom is 0.139 e. The van der Waals surface area contributed by atoms with Gasteiger partial charge in [0.05, 0.1) is 22.3 Å². The van der Waals surface area contributed by atoms with Crippen LogP contribution in [0.1, 0.15) is 95.6 Å². The summed E-state index contributed by atoms with van der Waals surface area (Å²) in [4.78, 5) is 14.3. The normalized spacial score (nSPS) is 36.3. The zero-order valence-corrected chi connectivity index (χ0v) is 25.2. The van der Waals surface area contributed by atoms with Gasteiger partial charge in [0.1, 0.15) is 5.75 Å². The molecule has 3 aromatic rings. The quantitative estimate of drug-likeness (QED) is 0.294. The van der Waals surface area contributed by atoms with Crippen molar-refractivity contribution in [3.8, 4) is 5.75 Å². The van der Waals surface area contributed by atoms with Gasteiger partial charge in [-0.2, -0.15) is 0 Å². The fourth-order valence-corrected chi connectivity index (χ4v) is 10.3. The lowest BCUT2D eigenvalue weighted by Gasteiger charge is -2.58. The fraction of sp³-hybridized carbons (Fsp3) is 0.639. The number of phenols is 1. The molecule has 2 aromatic heterocycles. The summed E-state index contributed by atoms with van der Waals surface area (Å²) in [7, 11) is 0. The Labute approximate surface area is 250 Å². The molecule has 4 saturated heterocycles. The number of phenolic OH excluding ortho intramolecular Hbond substituents is 1. The number of aromatic amines is 1. The lowest BCUT2D eigenvalue weighted by molar-refractivity contribution is -0.0919. The third-order valence-corrected chi connectivity index (χ3v) is 12.0. The van der Waals surface area contributed by atoms with Crippen LogP contribution in [0.2, 0.25) is 0 Å².